The quantitative estimate of drug-likeness (QED) is 0.780. The second-order valence-corrected chi connectivity index (χ2v) is 8.73. The lowest BCUT2D eigenvalue weighted by Gasteiger charge is -2.43. The van der Waals surface area contributed by atoms with Gasteiger partial charge in [0.25, 0.3) is 0 Å². The maximum Gasteiger partial charge on any atom is 0.309 e. The molecule has 1 N–H and O–H groups in total. The molecule has 0 bridgehead atoms. The minimum Gasteiger partial charge on any atom is -0.458 e. The number of hydrogen-bond acceptors (Lipinski definition) is 5. The summed E-state index contributed by atoms with van der Waals surface area (Å²) in [7, 11) is 0. The zero-order chi connectivity index (χ0) is 20.6. The van der Waals surface area contributed by atoms with Crippen molar-refractivity contribution in [2.45, 2.75) is 57.5 Å². The molecule has 2 aliphatic heterocycles. The van der Waals surface area contributed by atoms with Gasteiger partial charge in [-0.1, -0.05) is 32.1 Å². The Hall–Kier alpha value is -2.02. The molecular weight excluding hydrogens is 375 g/mol. The minimum absolute atomic E-state index is 0.0383. The van der Waals surface area contributed by atoms with Gasteiger partial charge in [-0.2, -0.15) is 0 Å². The number of aliphatic hydroxyl groups excluding tert-OH is 1. The van der Waals surface area contributed by atoms with Crippen molar-refractivity contribution in [1.82, 2.24) is 0 Å². The van der Waals surface area contributed by atoms with E-state index in [9.17, 15) is 14.3 Å². The maximum atomic E-state index is 13.5. The van der Waals surface area contributed by atoms with Gasteiger partial charge in [-0.15, -0.1) is 0 Å². The fourth-order valence-corrected chi connectivity index (χ4v) is 4.67. The molecule has 5 nitrogen and oxygen atoms in total. The van der Waals surface area contributed by atoms with Crippen molar-refractivity contribution in [3.63, 3.8) is 0 Å². The molecule has 0 radical (unpaired) electrons. The van der Waals surface area contributed by atoms with Crippen molar-refractivity contribution in [3.8, 4) is 0 Å². The third kappa shape index (κ3) is 4.29. The molecule has 1 aromatic carbocycles. The molecule has 0 unspecified atom stereocenters. The molecule has 156 valence electrons. The summed E-state index contributed by atoms with van der Waals surface area (Å²) in [5.74, 6) is -1.34. The predicted molar refractivity (Wildman–Crippen MR) is 105 cm³/mol. The van der Waals surface area contributed by atoms with Gasteiger partial charge in [0.2, 0.25) is 0 Å². The molecule has 1 spiro atoms. The SMILES string of the molecule is CC1(C)CC2(CC(c3ccc(F)cc3)=C1C=C[C@@H]1C[C@@H](O)CC(=O)O1)OCCO2. The summed E-state index contributed by atoms with van der Waals surface area (Å²) in [5, 5.41) is 9.87. The van der Waals surface area contributed by atoms with Gasteiger partial charge in [-0.3, -0.25) is 4.79 Å². The maximum absolute atomic E-state index is 13.5. The number of carbonyl (C=O) groups is 1. The number of ether oxygens (including phenoxy) is 3. The Balaban J connectivity index is 1.73. The van der Waals surface area contributed by atoms with Crippen molar-refractivity contribution in [2.24, 2.45) is 5.41 Å². The smallest absolute Gasteiger partial charge is 0.309 e. The van der Waals surface area contributed by atoms with Crippen LogP contribution in [0.25, 0.3) is 5.57 Å². The summed E-state index contributed by atoms with van der Waals surface area (Å²) < 4.78 is 30.9. The highest BCUT2D eigenvalue weighted by Crippen LogP contribution is 2.51. The van der Waals surface area contributed by atoms with E-state index in [1.807, 2.05) is 12.2 Å². The van der Waals surface area contributed by atoms with Crippen LogP contribution in [0.15, 0.2) is 42.0 Å². The number of hydrogen-bond donors (Lipinski definition) is 1. The molecule has 29 heavy (non-hydrogen) atoms. The van der Waals surface area contributed by atoms with Gasteiger partial charge >= 0.3 is 5.97 Å². The number of allylic oxidation sites excluding steroid dienone is 2. The van der Waals surface area contributed by atoms with Crippen molar-refractivity contribution in [1.29, 1.82) is 0 Å². The third-order valence-electron chi connectivity index (χ3n) is 5.88. The van der Waals surface area contributed by atoms with Crippen LogP contribution in [0.2, 0.25) is 0 Å². The van der Waals surface area contributed by atoms with E-state index >= 15 is 0 Å². The summed E-state index contributed by atoms with van der Waals surface area (Å²) >= 11 is 0. The standard InChI is InChI=1S/C23H27FO5/c1-22(2)14-23(27-9-10-28-23)13-19(15-3-5-16(24)6-4-15)20(22)8-7-18-11-17(25)12-21(26)29-18/h3-8,17-18,25H,9-14H2,1-2H3/t17-,18-/m1/s1. The molecule has 4 rings (SSSR count). The number of cyclic esters (lactones) is 1. The van der Waals surface area contributed by atoms with E-state index in [0.717, 1.165) is 16.7 Å². The number of benzene rings is 1. The van der Waals surface area contributed by atoms with E-state index in [-0.39, 0.29) is 23.6 Å². The van der Waals surface area contributed by atoms with Crippen LogP contribution in [0.4, 0.5) is 4.39 Å². The van der Waals surface area contributed by atoms with Gasteiger partial charge < -0.3 is 19.3 Å². The van der Waals surface area contributed by atoms with Gasteiger partial charge in [0.05, 0.1) is 25.7 Å². The molecule has 0 saturated carbocycles. The molecule has 1 aromatic rings. The monoisotopic (exact) mass is 402 g/mol. The Morgan fingerprint density at radius 2 is 1.86 bits per heavy atom. The first kappa shape index (κ1) is 20.3. The highest BCUT2D eigenvalue weighted by atomic mass is 19.1. The Morgan fingerprint density at radius 1 is 1.17 bits per heavy atom. The number of carbonyl (C=O) groups excluding carboxylic acids is 1. The zero-order valence-corrected chi connectivity index (χ0v) is 16.8. The first-order chi connectivity index (χ1) is 13.8. The first-order valence-electron chi connectivity index (χ1n) is 10.1. The fraction of sp³-hybridized carbons (Fsp3) is 0.522. The number of esters is 1. The van der Waals surface area contributed by atoms with E-state index in [1.165, 1.54) is 12.1 Å². The summed E-state index contributed by atoms with van der Waals surface area (Å²) in [6.07, 6.45) is 4.37. The molecule has 0 aromatic heterocycles. The van der Waals surface area contributed by atoms with Gasteiger partial charge in [-0.05, 0) is 40.3 Å². The lowest BCUT2D eigenvalue weighted by molar-refractivity contribution is -0.174. The average Bonchev–Trinajstić information content (AvgIpc) is 3.07. The highest BCUT2D eigenvalue weighted by Gasteiger charge is 2.47. The molecule has 2 fully saturated rings. The minimum atomic E-state index is -0.681. The highest BCUT2D eigenvalue weighted by molar-refractivity contribution is 5.74. The lowest BCUT2D eigenvalue weighted by atomic mass is 9.68. The van der Waals surface area contributed by atoms with Crippen molar-refractivity contribution < 1.29 is 28.5 Å². The van der Waals surface area contributed by atoms with E-state index in [2.05, 4.69) is 13.8 Å². The summed E-state index contributed by atoms with van der Waals surface area (Å²) in [6.45, 7) is 5.38. The number of halogens is 1. The van der Waals surface area contributed by atoms with Crippen LogP contribution in [0.5, 0.6) is 0 Å². The van der Waals surface area contributed by atoms with Crippen LogP contribution < -0.4 is 0 Å². The van der Waals surface area contributed by atoms with Crippen LogP contribution >= 0.6 is 0 Å². The Kier molecular flexibility index (Phi) is 5.36. The Labute approximate surface area is 170 Å². The van der Waals surface area contributed by atoms with Gasteiger partial charge in [-0.25, -0.2) is 4.39 Å². The second kappa shape index (κ2) is 7.67. The van der Waals surface area contributed by atoms with Crippen LogP contribution in [0.1, 0.15) is 45.1 Å². The van der Waals surface area contributed by atoms with E-state index in [1.54, 1.807) is 12.1 Å². The van der Waals surface area contributed by atoms with Gasteiger partial charge in [0, 0.05) is 19.3 Å². The zero-order valence-electron chi connectivity index (χ0n) is 16.8. The fourth-order valence-electron chi connectivity index (χ4n) is 4.67. The summed E-state index contributed by atoms with van der Waals surface area (Å²) in [4.78, 5) is 11.7. The van der Waals surface area contributed by atoms with Crippen LogP contribution in [-0.4, -0.2) is 42.3 Å². The van der Waals surface area contributed by atoms with Crippen LogP contribution in [-0.2, 0) is 19.0 Å². The molecule has 1 aliphatic carbocycles. The molecule has 0 amide bonds. The predicted octanol–water partition coefficient (Wildman–Crippen LogP) is 3.77. The van der Waals surface area contributed by atoms with E-state index in [4.69, 9.17) is 14.2 Å². The first-order valence-corrected chi connectivity index (χ1v) is 10.1. The second-order valence-electron chi connectivity index (χ2n) is 8.73. The van der Waals surface area contributed by atoms with Gasteiger partial charge in [0.15, 0.2) is 5.79 Å². The van der Waals surface area contributed by atoms with Gasteiger partial charge in [0.1, 0.15) is 11.9 Å². The topological polar surface area (TPSA) is 65.0 Å². The number of aliphatic hydroxyl groups is 1. The van der Waals surface area contributed by atoms with Crippen molar-refractivity contribution in [3.05, 3.63) is 53.4 Å². The molecular formula is C23H27FO5. The van der Waals surface area contributed by atoms with E-state index < -0.39 is 18.0 Å². The molecule has 2 heterocycles. The van der Waals surface area contributed by atoms with Crippen molar-refractivity contribution >= 4 is 11.5 Å². The number of rotatable bonds is 3. The molecule has 3 aliphatic rings. The normalized spacial score (nSPS) is 28.9. The summed E-state index contributed by atoms with van der Waals surface area (Å²) in [5.41, 5.74) is 2.74. The molecule has 6 heteroatoms. The average molecular weight is 402 g/mol. The lowest BCUT2D eigenvalue weighted by Crippen LogP contribution is -2.41. The van der Waals surface area contributed by atoms with Crippen molar-refractivity contribution in [2.75, 3.05) is 13.2 Å². The third-order valence-corrected chi connectivity index (χ3v) is 5.88. The Morgan fingerprint density at radius 3 is 2.52 bits per heavy atom. The van der Waals surface area contributed by atoms with E-state index in [0.29, 0.717) is 32.5 Å². The van der Waals surface area contributed by atoms with Crippen LogP contribution in [0.3, 0.4) is 0 Å². The molecule has 2 atom stereocenters. The molecule has 2 saturated heterocycles. The Bertz CT molecular complexity index is 833. The van der Waals surface area contributed by atoms with Crippen LogP contribution in [0, 0.1) is 11.2 Å². The largest absolute Gasteiger partial charge is 0.458 e. The summed E-state index contributed by atoms with van der Waals surface area (Å²) in [6, 6.07) is 6.45.